The predicted octanol–water partition coefficient (Wildman–Crippen LogP) is 3.10. The van der Waals surface area contributed by atoms with Crippen molar-refractivity contribution >= 4 is 28.4 Å². The summed E-state index contributed by atoms with van der Waals surface area (Å²) in [5, 5.41) is 15.4. The monoisotopic (exact) mass is 370 g/mol. The predicted molar refractivity (Wildman–Crippen MR) is 99.1 cm³/mol. The molecule has 134 valence electrons. The van der Waals surface area contributed by atoms with Crippen molar-refractivity contribution in [2.75, 3.05) is 6.54 Å². The number of nitrogens with zero attached hydrogens (tertiary/aromatic N) is 4. The fourth-order valence-corrected chi connectivity index (χ4v) is 3.57. The molecule has 6 nitrogen and oxygen atoms in total. The smallest absolute Gasteiger partial charge is 0.255 e. The Hall–Kier alpha value is -2.44. The molecular formula is C19H19ClN4O2. The molecular weight excluding hydrogens is 352 g/mol. The number of para-hydroxylation sites is 1. The van der Waals surface area contributed by atoms with Crippen LogP contribution in [0.4, 0.5) is 0 Å². The number of carbonyl (C=O) groups is 1. The highest BCUT2D eigenvalue weighted by Crippen LogP contribution is 2.27. The Kier molecular flexibility index (Phi) is 4.17. The first-order chi connectivity index (χ1) is 12.4. The third-order valence-electron chi connectivity index (χ3n) is 4.68. The number of aryl methyl sites for hydroxylation is 1. The van der Waals surface area contributed by atoms with Gasteiger partial charge in [0.1, 0.15) is 0 Å². The Bertz CT molecular complexity index is 1010. The van der Waals surface area contributed by atoms with Gasteiger partial charge in [0.25, 0.3) is 5.91 Å². The van der Waals surface area contributed by atoms with Gasteiger partial charge in [-0.05, 0) is 32.0 Å². The van der Waals surface area contributed by atoms with E-state index in [1.165, 1.54) is 0 Å². The molecule has 0 radical (unpaired) electrons. The molecule has 0 bridgehead atoms. The van der Waals surface area contributed by atoms with Crippen molar-refractivity contribution in [1.29, 1.82) is 0 Å². The van der Waals surface area contributed by atoms with Gasteiger partial charge in [-0.2, -0.15) is 5.10 Å². The van der Waals surface area contributed by atoms with Gasteiger partial charge >= 0.3 is 0 Å². The van der Waals surface area contributed by atoms with Gasteiger partial charge in [0.2, 0.25) is 0 Å². The molecule has 0 saturated carbocycles. The minimum atomic E-state index is -0.619. The van der Waals surface area contributed by atoms with Gasteiger partial charge in [0.15, 0.2) is 0 Å². The molecule has 4 rings (SSSR count). The van der Waals surface area contributed by atoms with Crippen LogP contribution in [0, 0.1) is 6.92 Å². The van der Waals surface area contributed by atoms with Crippen LogP contribution in [-0.2, 0) is 13.1 Å². The average molecular weight is 371 g/mol. The Morgan fingerprint density at radius 2 is 2.12 bits per heavy atom. The van der Waals surface area contributed by atoms with Crippen molar-refractivity contribution in [3.8, 4) is 0 Å². The van der Waals surface area contributed by atoms with E-state index in [0.717, 1.165) is 16.8 Å². The number of aliphatic hydroxyl groups excluding tert-OH is 1. The average Bonchev–Trinajstić information content (AvgIpc) is 3.05. The number of hydrogen-bond donors (Lipinski definition) is 1. The summed E-state index contributed by atoms with van der Waals surface area (Å²) in [6.07, 6.45) is -0.619. The van der Waals surface area contributed by atoms with Crippen molar-refractivity contribution in [1.82, 2.24) is 19.7 Å². The van der Waals surface area contributed by atoms with Crippen molar-refractivity contribution in [3.63, 3.8) is 0 Å². The summed E-state index contributed by atoms with van der Waals surface area (Å²) in [6, 6.07) is 9.16. The molecule has 0 saturated heterocycles. The van der Waals surface area contributed by atoms with Crippen LogP contribution in [0.3, 0.4) is 0 Å². The fraction of sp³-hybridized carbons (Fsp3) is 0.316. The molecule has 1 N–H and O–H groups in total. The normalized spacial score (nSPS) is 15.2. The number of aliphatic hydroxyl groups is 1. The molecule has 1 aromatic carbocycles. The van der Waals surface area contributed by atoms with Crippen LogP contribution in [-0.4, -0.2) is 37.2 Å². The summed E-state index contributed by atoms with van der Waals surface area (Å²) in [5.74, 6) is -0.0474. The lowest BCUT2D eigenvalue weighted by Gasteiger charge is -2.28. The van der Waals surface area contributed by atoms with Gasteiger partial charge in [0, 0.05) is 17.6 Å². The summed E-state index contributed by atoms with van der Waals surface area (Å²) in [7, 11) is 0. The van der Waals surface area contributed by atoms with Crippen molar-refractivity contribution in [2.45, 2.75) is 33.0 Å². The van der Waals surface area contributed by atoms with Gasteiger partial charge in [-0.1, -0.05) is 23.7 Å². The second-order valence-electron chi connectivity index (χ2n) is 6.63. The van der Waals surface area contributed by atoms with Crippen molar-refractivity contribution < 1.29 is 9.90 Å². The highest BCUT2D eigenvalue weighted by molar-refractivity contribution is 6.35. The van der Waals surface area contributed by atoms with Crippen LogP contribution in [0.5, 0.6) is 0 Å². The molecule has 0 spiro atoms. The maximum absolute atomic E-state index is 13.2. The molecule has 0 fully saturated rings. The quantitative estimate of drug-likeness (QED) is 0.752. The lowest BCUT2D eigenvalue weighted by molar-refractivity contribution is 0.0707. The summed E-state index contributed by atoms with van der Waals surface area (Å²) in [6.45, 7) is 5.18. The van der Waals surface area contributed by atoms with Gasteiger partial charge in [-0.25, -0.2) is 0 Å². The summed E-state index contributed by atoms with van der Waals surface area (Å²) in [4.78, 5) is 19.5. The van der Waals surface area contributed by atoms with E-state index in [1.807, 2.05) is 35.9 Å². The SMILES string of the molecule is Cc1cc(C(=O)N2CCn3nc([C@H](C)O)cc3C2)c2cccc(Cl)c2n1. The lowest BCUT2D eigenvalue weighted by atomic mass is 10.1. The first-order valence-electron chi connectivity index (χ1n) is 8.54. The molecule has 1 atom stereocenters. The number of aromatic nitrogens is 3. The zero-order valence-corrected chi connectivity index (χ0v) is 15.4. The van der Waals surface area contributed by atoms with Gasteiger partial charge in [-0.3, -0.25) is 14.5 Å². The van der Waals surface area contributed by atoms with E-state index in [9.17, 15) is 9.90 Å². The number of benzene rings is 1. The summed E-state index contributed by atoms with van der Waals surface area (Å²) in [5.41, 5.74) is 3.57. The van der Waals surface area contributed by atoms with Crippen LogP contribution in [0.2, 0.25) is 5.02 Å². The van der Waals surface area contributed by atoms with E-state index >= 15 is 0 Å². The fourth-order valence-electron chi connectivity index (χ4n) is 3.35. The number of fused-ring (bicyclic) bond motifs is 2. The van der Waals surface area contributed by atoms with Gasteiger partial charge < -0.3 is 10.0 Å². The van der Waals surface area contributed by atoms with Crippen LogP contribution in [0.15, 0.2) is 30.3 Å². The molecule has 1 aliphatic heterocycles. The number of hydrogen-bond acceptors (Lipinski definition) is 4. The number of rotatable bonds is 2. The Morgan fingerprint density at radius 1 is 1.31 bits per heavy atom. The van der Waals surface area contributed by atoms with Crippen LogP contribution < -0.4 is 0 Å². The maximum atomic E-state index is 13.2. The second-order valence-corrected chi connectivity index (χ2v) is 7.04. The van der Waals surface area contributed by atoms with Crippen LogP contribution >= 0.6 is 11.6 Å². The first kappa shape index (κ1) is 17.0. The topological polar surface area (TPSA) is 71.2 Å². The molecule has 7 heteroatoms. The Balaban J connectivity index is 1.70. The number of halogens is 1. The minimum absolute atomic E-state index is 0.0474. The number of pyridine rings is 1. The first-order valence-corrected chi connectivity index (χ1v) is 8.91. The largest absolute Gasteiger partial charge is 0.387 e. The molecule has 3 aromatic rings. The number of carbonyl (C=O) groups excluding carboxylic acids is 1. The molecule has 1 aliphatic rings. The Morgan fingerprint density at radius 3 is 2.88 bits per heavy atom. The van der Waals surface area contributed by atoms with E-state index in [1.54, 1.807) is 17.9 Å². The summed E-state index contributed by atoms with van der Waals surface area (Å²) >= 11 is 6.27. The third-order valence-corrected chi connectivity index (χ3v) is 4.99. The Labute approximate surface area is 156 Å². The lowest BCUT2D eigenvalue weighted by Crippen LogP contribution is -2.38. The van der Waals surface area contributed by atoms with Crippen molar-refractivity contribution in [2.24, 2.45) is 0 Å². The van der Waals surface area contributed by atoms with Gasteiger partial charge in [-0.15, -0.1) is 0 Å². The van der Waals surface area contributed by atoms with Gasteiger partial charge in [0.05, 0.1) is 46.7 Å². The minimum Gasteiger partial charge on any atom is -0.387 e. The molecule has 3 heterocycles. The van der Waals surface area contributed by atoms with Crippen molar-refractivity contribution in [3.05, 3.63) is 58.0 Å². The van der Waals surface area contributed by atoms with Crippen LogP contribution in [0.1, 0.15) is 40.5 Å². The highest BCUT2D eigenvalue weighted by atomic mass is 35.5. The maximum Gasteiger partial charge on any atom is 0.255 e. The molecule has 0 aliphatic carbocycles. The highest BCUT2D eigenvalue weighted by Gasteiger charge is 2.25. The third kappa shape index (κ3) is 2.85. The molecule has 0 unspecified atom stereocenters. The second kappa shape index (κ2) is 6.37. The van der Waals surface area contributed by atoms with E-state index in [-0.39, 0.29) is 5.91 Å². The summed E-state index contributed by atoms with van der Waals surface area (Å²) < 4.78 is 1.86. The van der Waals surface area contributed by atoms with E-state index in [4.69, 9.17) is 11.6 Å². The number of amides is 1. The zero-order valence-electron chi connectivity index (χ0n) is 14.6. The molecule has 2 aromatic heterocycles. The van der Waals surface area contributed by atoms with E-state index in [2.05, 4.69) is 10.1 Å². The van der Waals surface area contributed by atoms with E-state index in [0.29, 0.717) is 41.4 Å². The molecule has 26 heavy (non-hydrogen) atoms. The zero-order chi connectivity index (χ0) is 18.4. The molecule has 1 amide bonds. The van der Waals surface area contributed by atoms with Crippen LogP contribution in [0.25, 0.3) is 10.9 Å². The standard InChI is InChI=1S/C19H19ClN4O2/c1-11-8-15(14-4-3-5-16(20)18(14)21-11)19(26)23-6-7-24-13(10-23)9-17(22-24)12(2)25/h3-5,8-9,12,25H,6-7,10H2,1-2H3/t12-/m0/s1. The van der Waals surface area contributed by atoms with E-state index < -0.39 is 6.10 Å².